The lowest BCUT2D eigenvalue weighted by molar-refractivity contribution is 0.172. The van der Waals surface area contributed by atoms with Crippen LogP contribution in [0.15, 0.2) is 41.3 Å². The Hall–Kier alpha value is -2.01. The minimum atomic E-state index is -0.219. The van der Waals surface area contributed by atoms with Crippen molar-refractivity contribution < 1.29 is 5.11 Å². The van der Waals surface area contributed by atoms with Gasteiger partial charge in [-0.05, 0) is 18.4 Å². The summed E-state index contributed by atoms with van der Waals surface area (Å²) in [7, 11) is 0. The molecule has 2 heterocycles. The van der Waals surface area contributed by atoms with E-state index in [2.05, 4.69) is 34.1 Å². The Kier molecular flexibility index (Phi) is 3.60. The predicted molar refractivity (Wildman–Crippen MR) is 76.7 cm³/mol. The Balaban J connectivity index is 1.61. The summed E-state index contributed by atoms with van der Waals surface area (Å²) in [6.45, 7) is 2.83. The van der Waals surface area contributed by atoms with Crippen molar-refractivity contribution in [1.82, 2.24) is 14.5 Å². The van der Waals surface area contributed by atoms with Gasteiger partial charge in [0.1, 0.15) is 0 Å². The number of aromatic hydroxyl groups is 1. The Bertz CT molecular complexity index is 610. The molecule has 0 unspecified atom stereocenters. The van der Waals surface area contributed by atoms with Crippen molar-refractivity contribution in [2.75, 3.05) is 13.1 Å². The fourth-order valence-electron chi connectivity index (χ4n) is 2.90. The van der Waals surface area contributed by atoms with Gasteiger partial charge in [-0.15, -0.1) is 0 Å². The van der Waals surface area contributed by atoms with Crippen LogP contribution in [0, 0.1) is 0 Å². The van der Waals surface area contributed by atoms with E-state index in [1.54, 1.807) is 0 Å². The van der Waals surface area contributed by atoms with Gasteiger partial charge >= 0.3 is 5.69 Å². The number of nitrogens with zero attached hydrogens (tertiary/aromatic N) is 2. The van der Waals surface area contributed by atoms with Gasteiger partial charge in [0.05, 0.1) is 6.20 Å². The van der Waals surface area contributed by atoms with E-state index in [0.717, 1.165) is 32.5 Å². The van der Waals surface area contributed by atoms with Gasteiger partial charge in [0.2, 0.25) is 5.88 Å². The van der Waals surface area contributed by atoms with Gasteiger partial charge < -0.3 is 10.1 Å². The fourth-order valence-corrected chi connectivity index (χ4v) is 2.90. The summed E-state index contributed by atoms with van der Waals surface area (Å²) in [5.41, 5.74) is 1.09. The number of hydrogen-bond acceptors (Lipinski definition) is 3. The molecule has 20 heavy (non-hydrogen) atoms. The van der Waals surface area contributed by atoms with Gasteiger partial charge in [0.25, 0.3) is 0 Å². The highest BCUT2D eigenvalue weighted by atomic mass is 16.3. The van der Waals surface area contributed by atoms with Crippen LogP contribution in [-0.2, 0) is 6.54 Å². The molecule has 3 rings (SSSR count). The van der Waals surface area contributed by atoms with Gasteiger partial charge in [0, 0.05) is 25.7 Å². The summed E-state index contributed by atoms with van der Waals surface area (Å²) in [4.78, 5) is 16.6. The summed E-state index contributed by atoms with van der Waals surface area (Å²) in [5.74, 6) is 0.0384. The smallest absolute Gasteiger partial charge is 0.328 e. The highest BCUT2D eigenvalue weighted by Crippen LogP contribution is 2.25. The number of H-pyrrole nitrogens is 1. The van der Waals surface area contributed by atoms with Crippen molar-refractivity contribution >= 4 is 0 Å². The highest BCUT2D eigenvalue weighted by molar-refractivity contribution is 5.14. The van der Waals surface area contributed by atoms with Gasteiger partial charge in [-0.1, -0.05) is 30.3 Å². The van der Waals surface area contributed by atoms with E-state index in [1.807, 2.05) is 6.07 Å². The molecular weight excluding hydrogens is 254 g/mol. The Morgan fingerprint density at radius 3 is 2.50 bits per heavy atom. The standard InChI is InChI=1S/C15H19N3O2/c19-14-10-16-15(20)18(14)13-6-8-17(9-7-13)11-12-4-2-1-3-5-12/h1-5,10,13,19H,6-9,11H2,(H,16,20). The predicted octanol–water partition coefficient (Wildman–Crippen LogP) is 1.72. The average molecular weight is 273 g/mol. The molecule has 0 aliphatic carbocycles. The summed E-state index contributed by atoms with van der Waals surface area (Å²) in [6, 6.07) is 10.5. The van der Waals surface area contributed by atoms with E-state index in [-0.39, 0.29) is 17.6 Å². The van der Waals surface area contributed by atoms with Gasteiger partial charge in [0.15, 0.2) is 0 Å². The van der Waals surface area contributed by atoms with Crippen LogP contribution in [0.4, 0.5) is 0 Å². The molecule has 1 aliphatic rings. The van der Waals surface area contributed by atoms with E-state index in [4.69, 9.17) is 0 Å². The average Bonchev–Trinajstić information content (AvgIpc) is 2.81. The number of hydrogen-bond donors (Lipinski definition) is 2. The molecule has 1 aromatic heterocycles. The lowest BCUT2D eigenvalue weighted by atomic mass is 10.0. The van der Waals surface area contributed by atoms with Gasteiger partial charge in [-0.3, -0.25) is 9.47 Å². The zero-order chi connectivity index (χ0) is 13.9. The number of likely N-dealkylation sites (tertiary alicyclic amines) is 1. The number of piperidine rings is 1. The molecule has 0 saturated carbocycles. The Morgan fingerprint density at radius 2 is 1.90 bits per heavy atom. The van der Waals surface area contributed by atoms with E-state index >= 15 is 0 Å². The van der Waals surface area contributed by atoms with Crippen molar-refractivity contribution in [3.05, 3.63) is 52.6 Å². The largest absolute Gasteiger partial charge is 0.493 e. The molecule has 1 aromatic carbocycles. The maximum atomic E-state index is 11.6. The number of benzene rings is 1. The van der Waals surface area contributed by atoms with Gasteiger partial charge in [-0.2, -0.15) is 0 Å². The molecule has 0 amide bonds. The van der Waals surface area contributed by atoms with E-state index < -0.39 is 0 Å². The molecule has 5 heteroatoms. The van der Waals surface area contributed by atoms with Crippen molar-refractivity contribution in [2.45, 2.75) is 25.4 Å². The number of aromatic amines is 1. The molecule has 1 aliphatic heterocycles. The minimum absolute atomic E-state index is 0.0384. The van der Waals surface area contributed by atoms with Crippen molar-refractivity contribution in [2.24, 2.45) is 0 Å². The monoisotopic (exact) mass is 273 g/mol. The van der Waals surface area contributed by atoms with Crippen LogP contribution >= 0.6 is 0 Å². The third kappa shape index (κ3) is 2.63. The quantitative estimate of drug-likeness (QED) is 0.895. The SMILES string of the molecule is O=c1[nH]cc(O)n1C1CCN(Cc2ccccc2)CC1. The van der Waals surface area contributed by atoms with Crippen LogP contribution in [0.25, 0.3) is 0 Å². The topological polar surface area (TPSA) is 61.3 Å². The fraction of sp³-hybridized carbons (Fsp3) is 0.400. The number of imidazole rings is 1. The van der Waals surface area contributed by atoms with Crippen LogP contribution in [0.3, 0.4) is 0 Å². The first-order valence-corrected chi connectivity index (χ1v) is 6.99. The maximum absolute atomic E-state index is 11.6. The Morgan fingerprint density at radius 1 is 1.20 bits per heavy atom. The second kappa shape index (κ2) is 5.54. The zero-order valence-electron chi connectivity index (χ0n) is 11.3. The third-order valence-electron chi connectivity index (χ3n) is 3.96. The molecule has 5 nitrogen and oxygen atoms in total. The molecule has 1 fully saturated rings. The first kappa shape index (κ1) is 13.0. The van der Waals surface area contributed by atoms with Crippen LogP contribution in [0.5, 0.6) is 5.88 Å². The van der Waals surface area contributed by atoms with E-state index in [9.17, 15) is 9.90 Å². The second-order valence-corrected chi connectivity index (χ2v) is 5.31. The first-order valence-electron chi connectivity index (χ1n) is 6.99. The molecule has 0 atom stereocenters. The molecule has 0 radical (unpaired) electrons. The zero-order valence-corrected chi connectivity index (χ0v) is 11.3. The van der Waals surface area contributed by atoms with E-state index in [1.165, 1.54) is 16.3 Å². The number of nitrogens with one attached hydrogen (secondary N) is 1. The van der Waals surface area contributed by atoms with Crippen LogP contribution in [0.2, 0.25) is 0 Å². The molecule has 1 saturated heterocycles. The molecule has 2 N–H and O–H groups in total. The van der Waals surface area contributed by atoms with Crippen LogP contribution < -0.4 is 5.69 Å². The van der Waals surface area contributed by atoms with Gasteiger partial charge in [-0.25, -0.2) is 4.79 Å². The molecular formula is C15H19N3O2. The first-order chi connectivity index (χ1) is 9.74. The second-order valence-electron chi connectivity index (χ2n) is 5.31. The summed E-state index contributed by atoms with van der Waals surface area (Å²) < 4.78 is 1.47. The maximum Gasteiger partial charge on any atom is 0.328 e. The lowest BCUT2D eigenvalue weighted by Crippen LogP contribution is -2.36. The Labute approximate surface area is 117 Å². The lowest BCUT2D eigenvalue weighted by Gasteiger charge is -2.32. The van der Waals surface area contributed by atoms with Crippen molar-refractivity contribution in [3.63, 3.8) is 0 Å². The van der Waals surface area contributed by atoms with Crippen LogP contribution in [-0.4, -0.2) is 32.6 Å². The minimum Gasteiger partial charge on any atom is -0.493 e. The normalized spacial score (nSPS) is 17.4. The van der Waals surface area contributed by atoms with Crippen LogP contribution in [0.1, 0.15) is 24.4 Å². The molecule has 0 bridgehead atoms. The number of aromatic nitrogens is 2. The molecule has 2 aromatic rings. The molecule has 0 spiro atoms. The molecule has 106 valence electrons. The summed E-state index contributed by atoms with van der Waals surface area (Å²) in [6.07, 6.45) is 3.13. The van der Waals surface area contributed by atoms with Crippen molar-refractivity contribution in [3.8, 4) is 5.88 Å². The summed E-state index contributed by atoms with van der Waals surface area (Å²) >= 11 is 0. The summed E-state index contributed by atoms with van der Waals surface area (Å²) in [5, 5.41) is 9.70. The van der Waals surface area contributed by atoms with Crippen molar-refractivity contribution in [1.29, 1.82) is 0 Å². The third-order valence-corrected chi connectivity index (χ3v) is 3.96. The highest BCUT2D eigenvalue weighted by Gasteiger charge is 2.23. The van der Waals surface area contributed by atoms with E-state index in [0.29, 0.717) is 0 Å². The number of rotatable bonds is 3.